The molecule has 2 N–H and O–H groups in total. The van der Waals surface area contributed by atoms with Crippen LogP contribution >= 0.6 is 0 Å². The molecular formula is C14H20N2O2S. The van der Waals surface area contributed by atoms with Crippen molar-refractivity contribution in [1.29, 1.82) is 0 Å². The standard InChI is InChI=1S/C14H20N2O2S/c1-3-16(12-5-6-12)14(17)9-19(18)13-7-4-11(15)8-10(13)2/h4,7-8,12H,3,5-6,9,15H2,1-2H3. The van der Waals surface area contributed by atoms with Crippen molar-refractivity contribution in [2.45, 2.75) is 37.6 Å². The normalized spacial score (nSPS) is 16.1. The molecule has 1 atom stereocenters. The predicted molar refractivity (Wildman–Crippen MR) is 77.3 cm³/mol. The lowest BCUT2D eigenvalue weighted by Crippen LogP contribution is -2.36. The minimum Gasteiger partial charge on any atom is -0.399 e. The highest BCUT2D eigenvalue weighted by Crippen LogP contribution is 2.27. The molecule has 1 fully saturated rings. The lowest BCUT2D eigenvalue weighted by molar-refractivity contribution is -0.128. The average Bonchev–Trinajstić information content (AvgIpc) is 3.14. The summed E-state index contributed by atoms with van der Waals surface area (Å²) in [6, 6.07) is 5.64. The van der Waals surface area contributed by atoms with E-state index >= 15 is 0 Å². The Bertz CT molecular complexity index is 512. The maximum atomic E-state index is 12.3. The Morgan fingerprint density at radius 3 is 2.68 bits per heavy atom. The molecule has 0 radical (unpaired) electrons. The summed E-state index contributed by atoms with van der Waals surface area (Å²) in [4.78, 5) is 14.7. The molecule has 2 rings (SSSR count). The lowest BCUT2D eigenvalue weighted by Gasteiger charge is -2.20. The number of rotatable bonds is 5. The van der Waals surface area contributed by atoms with E-state index in [0.29, 0.717) is 23.2 Å². The van der Waals surface area contributed by atoms with Crippen LogP contribution in [0.2, 0.25) is 0 Å². The van der Waals surface area contributed by atoms with Gasteiger partial charge in [0.15, 0.2) is 0 Å². The van der Waals surface area contributed by atoms with E-state index in [2.05, 4.69) is 0 Å². The van der Waals surface area contributed by atoms with Crippen molar-refractivity contribution in [1.82, 2.24) is 4.90 Å². The van der Waals surface area contributed by atoms with Crippen LogP contribution in [0.3, 0.4) is 0 Å². The zero-order chi connectivity index (χ0) is 14.0. The van der Waals surface area contributed by atoms with E-state index in [1.165, 1.54) is 0 Å². The van der Waals surface area contributed by atoms with Crippen molar-refractivity contribution in [3.63, 3.8) is 0 Å². The third kappa shape index (κ3) is 3.35. The number of aryl methyl sites for hydroxylation is 1. The minimum absolute atomic E-state index is 0.0143. The van der Waals surface area contributed by atoms with Crippen LogP contribution in [0, 0.1) is 6.92 Å². The van der Waals surface area contributed by atoms with Gasteiger partial charge in [-0.3, -0.25) is 9.00 Å². The van der Waals surface area contributed by atoms with E-state index < -0.39 is 10.8 Å². The van der Waals surface area contributed by atoms with Gasteiger partial charge in [-0.05, 0) is 50.5 Å². The van der Waals surface area contributed by atoms with Gasteiger partial charge in [0.1, 0.15) is 5.75 Å². The van der Waals surface area contributed by atoms with Crippen molar-refractivity contribution in [3.8, 4) is 0 Å². The molecule has 0 aromatic heterocycles. The van der Waals surface area contributed by atoms with E-state index in [1.807, 2.05) is 18.7 Å². The first-order valence-corrected chi connectivity index (χ1v) is 7.88. The van der Waals surface area contributed by atoms with Gasteiger partial charge in [-0.25, -0.2) is 0 Å². The molecule has 0 aliphatic heterocycles. The van der Waals surface area contributed by atoms with Gasteiger partial charge in [0.05, 0.1) is 10.8 Å². The molecule has 1 aromatic rings. The minimum atomic E-state index is -1.29. The van der Waals surface area contributed by atoms with Gasteiger partial charge in [0.25, 0.3) is 0 Å². The van der Waals surface area contributed by atoms with Gasteiger partial charge in [-0.1, -0.05) is 0 Å². The van der Waals surface area contributed by atoms with Crippen molar-refractivity contribution < 1.29 is 9.00 Å². The molecule has 1 saturated carbocycles. The van der Waals surface area contributed by atoms with Crippen LogP contribution in [-0.2, 0) is 15.6 Å². The highest BCUT2D eigenvalue weighted by Gasteiger charge is 2.32. The zero-order valence-electron chi connectivity index (χ0n) is 11.4. The van der Waals surface area contributed by atoms with Crippen LogP contribution in [0.1, 0.15) is 25.3 Å². The molecule has 0 bridgehead atoms. The average molecular weight is 280 g/mol. The summed E-state index contributed by atoms with van der Waals surface area (Å²) >= 11 is 0. The second-order valence-electron chi connectivity index (χ2n) is 4.93. The maximum Gasteiger partial charge on any atom is 0.235 e. The molecule has 19 heavy (non-hydrogen) atoms. The molecule has 1 aliphatic rings. The Hall–Kier alpha value is -1.36. The summed E-state index contributed by atoms with van der Waals surface area (Å²) in [5.41, 5.74) is 7.20. The fourth-order valence-electron chi connectivity index (χ4n) is 2.23. The molecule has 0 spiro atoms. The predicted octanol–water partition coefficient (Wildman–Crippen LogP) is 1.70. The van der Waals surface area contributed by atoms with Crippen LogP contribution in [-0.4, -0.2) is 33.4 Å². The number of benzene rings is 1. The molecule has 0 heterocycles. The first kappa shape index (κ1) is 14.1. The fourth-order valence-corrected chi connectivity index (χ4v) is 3.41. The van der Waals surface area contributed by atoms with Crippen molar-refractivity contribution in [3.05, 3.63) is 23.8 Å². The third-order valence-electron chi connectivity index (χ3n) is 3.35. The number of anilines is 1. The Morgan fingerprint density at radius 2 is 2.16 bits per heavy atom. The first-order chi connectivity index (χ1) is 9.02. The van der Waals surface area contributed by atoms with Crippen LogP contribution in [0.25, 0.3) is 0 Å². The van der Waals surface area contributed by atoms with Crippen molar-refractivity contribution in [2.75, 3.05) is 18.0 Å². The van der Waals surface area contributed by atoms with E-state index in [0.717, 1.165) is 18.4 Å². The first-order valence-electron chi connectivity index (χ1n) is 6.57. The van der Waals surface area contributed by atoms with Crippen LogP contribution in [0.15, 0.2) is 23.1 Å². The number of hydrogen-bond donors (Lipinski definition) is 1. The molecular weight excluding hydrogens is 260 g/mol. The van der Waals surface area contributed by atoms with Crippen LogP contribution in [0.4, 0.5) is 5.69 Å². The summed E-state index contributed by atoms with van der Waals surface area (Å²) in [7, 11) is -1.29. The number of amides is 1. The summed E-state index contributed by atoms with van der Waals surface area (Å²) in [6.45, 7) is 4.53. The topological polar surface area (TPSA) is 63.4 Å². The number of nitrogens with zero attached hydrogens (tertiary/aromatic N) is 1. The number of nitrogens with two attached hydrogens (primary N) is 1. The van der Waals surface area contributed by atoms with E-state index in [4.69, 9.17) is 5.73 Å². The third-order valence-corrected chi connectivity index (χ3v) is 4.81. The van der Waals surface area contributed by atoms with Gasteiger partial charge in [0, 0.05) is 23.2 Å². The van der Waals surface area contributed by atoms with Gasteiger partial charge < -0.3 is 10.6 Å². The summed E-state index contributed by atoms with van der Waals surface area (Å²) in [5.74, 6) is 0.0503. The molecule has 1 aliphatic carbocycles. The molecule has 1 amide bonds. The van der Waals surface area contributed by atoms with Crippen LogP contribution in [0.5, 0.6) is 0 Å². The second-order valence-corrected chi connectivity index (χ2v) is 6.35. The molecule has 1 unspecified atom stereocenters. The molecule has 1 aromatic carbocycles. The highest BCUT2D eigenvalue weighted by molar-refractivity contribution is 7.85. The Labute approximate surface area is 116 Å². The summed E-state index contributed by atoms with van der Waals surface area (Å²) in [6.07, 6.45) is 2.15. The Morgan fingerprint density at radius 1 is 1.47 bits per heavy atom. The molecule has 0 saturated heterocycles. The Balaban J connectivity index is 2.05. The zero-order valence-corrected chi connectivity index (χ0v) is 12.2. The molecule has 4 nitrogen and oxygen atoms in total. The SMILES string of the molecule is CCN(C(=O)CS(=O)c1ccc(N)cc1C)C1CC1. The summed E-state index contributed by atoms with van der Waals surface area (Å²) in [5, 5.41) is 0. The van der Waals surface area contributed by atoms with Gasteiger partial charge in [-0.2, -0.15) is 0 Å². The lowest BCUT2D eigenvalue weighted by atomic mass is 10.2. The number of carbonyl (C=O) groups is 1. The quantitative estimate of drug-likeness (QED) is 0.835. The molecule has 5 heteroatoms. The van der Waals surface area contributed by atoms with Gasteiger partial charge in [-0.15, -0.1) is 0 Å². The molecule has 104 valence electrons. The fraction of sp³-hybridized carbons (Fsp3) is 0.500. The Kier molecular flexibility index (Phi) is 4.24. The monoisotopic (exact) mass is 280 g/mol. The van der Waals surface area contributed by atoms with Crippen molar-refractivity contribution >= 4 is 22.4 Å². The van der Waals surface area contributed by atoms with Crippen molar-refractivity contribution in [2.24, 2.45) is 0 Å². The number of nitrogen functional groups attached to an aromatic ring is 1. The number of hydrogen-bond acceptors (Lipinski definition) is 3. The smallest absolute Gasteiger partial charge is 0.235 e. The second kappa shape index (κ2) is 5.74. The van der Waals surface area contributed by atoms with E-state index in [9.17, 15) is 9.00 Å². The number of carbonyl (C=O) groups excluding carboxylic acids is 1. The van der Waals surface area contributed by atoms with Gasteiger partial charge >= 0.3 is 0 Å². The van der Waals surface area contributed by atoms with Gasteiger partial charge in [0.2, 0.25) is 5.91 Å². The maximum absolute atomic E-state index is 12.3. The largest absolute Gasteiger partial charge is 0.399 e. The highest BCUT2D eigenvalue weighted by atomic mass is 32.2. The summed E-state index contributed by atoms with van der Waals surface area (Å²) < 4.78 is 12.3. The van der Waals surface area contributed by atoms with E-state index in [1.54, 1.807) is 18.2 Å². The van der Waals surface area contributed by atoms with E-state index in [-0.39, 0.29) is 11.7 Å². The van der Waals surface area contributed by atoms with Crippen LogP contribution < -0.4 is 5.73 Å².